The number of rotatable bonds is 0. The number of hydroxylamine groups is 2. The van der Waals surface area contributed by atoms with Crippen LogP contribution < -0.4 is 0 Å². The van der Waals surface area contributed by atoms with Gasteiger partial charge >= 0.3 is 0 Å². The van der Waals surface area contributed by atoms with Crippen LogP contribution in [-0.4, -0.2) is 32.1 Å². The normalized spacial score (nSPS) is 14.2. The number of aromatic amines is 1. The van der Waals surface area contributed by atoms with Crippen LogP contribution in [0.15, 0.2) is 54.7 Å². The number of benzene rings is 3. The highest BCUT2D eigenvalue weighted by Gasteiger charge is 2.40. The van der Waals surface area contributed by atoms with Gasteiger partial charge in [-0.25, -0.2) is 4.98 Å². The third-order valence-electron chi connectivity index (χ3n) is 5.33. The molecular formula is C21H11N3O3. The number of nitrogens with one attached hydrogen (secondary N) is 1. The van der Waals surface area contributed by atoms with Crippen molar-refractivity contribution in [3.63, 3.8) is 0 Å². The van der Waals surface area contributed by atoms with Gasteiger partial charge < -0.3 is 4.98 Å². The van der Waals surface area contributed by atoms with Crippen LogP contribution in [0, 0.1) is 0 Å². The van der Waals surface area contributed by atoms with Gasteiger partial charge in [0, 0.05) is 27.7 Å². The molecule has 2 N–H and O–H groups in total. The molecule has 0 unspecified atom stereocenters. The minimum absolute atomic E-state index is 0.209. The number of carbonyl (C=O) groups is 2. The van der Waals surface area contributed by atoms with Gasteiger partial charge in [0.1, 0.15) is 5.65 Å². The third-order valence-corrected chi connectivity index (χ3v) is 5.33. The number of pyridine rings is 1. The second kappa shape index (κ2) is 4.69. The Bertz CT molecular complexity index is 1480. The van der Waals surface area contributed by atoms with Gasteiger partial charge in [0.25, 0.3) is 11.8 Å². The second-order valence-corrected chi connectivity index (χ2v) is 6.66. The molecule has 3 aromatic carbocycles. The van der Waals surface area contributed by atoms with Gasteiger partial charge in [0.05, 0.1) is 16.6 Å². The number of hydrogen-bond donors (Lipinski definition) is 2. The number of carbonyl (C=O) groups excluding carboxylic acids is 2. The molecule has 6 heteroatoms. The standard InChI is InChI=1S/C21H11N3O3/c25-20-16-14-11-5-2-1-4-10(11)7-8-12(14)18-15(17(16)21(26)24(20)27)13-6-3-9-22-19(13)23-18/h1-9,27H,(H,22,23). The molecule has 0 aliphatic carbocycles. The Hall–Kier alpha value is -3.77. The van der Waals surface area contributed by atoms with Crippen molar-refractivity contribution in [2.24, 2.45) is 0 Å². The molecule has 6 rings (SSSR count). The first-order chi connectivity index (χ1) is 13.2. The van der Waals surface area contributed by atoms with Crippen molar-refractivity contribution in [3.05, 3.63) is 65.9 Å². The van der Waals surface area contributed by atoms with E-state index in [4.69, 9.17) is 0 Å². The van der Waals surface area contributed by atoms with E-state index in [0.717, 1.165) is 27.1 Å². The zero-order chi connectivity index (χ0) is 18.3. The number of aromatic nitrogens is 2. The minimum Gasteiger partial charge on any atom is -0.339 e. The molecule has 0 bridgehead atoms. The van der Waals surface area contributed by atoms with E-state index in [0.29, 0.717) is 16.4 Å². The number of nitrogens with zero attached hydrogens (tertiary/aromatic N) is 2. The first kappa shape index (κ1) is 14.4. The molecule has 0 atom stereocenters. The van der Waals surface area contributed by atoms with Gasteiger partial charge in [-0.05, 0) is 22.9 Å². The van der Waals surface area contributed by atoms with Crippen molar-refractivity contribution >= 4 is 55.3 Å². The molecule has 1 aliphatic rings. The average molecular weight is 353 g/mol. The Morgan fingerprint density at radius 1 is 0.815 bits per heavy atom. The number of hydrogen-bond acceptors (Lipinski definition) is 4. The smallest absolute Gasteiger partial charge is 0.286 e. The van der Waals surface area contributed by atoms with E-state index in [-0.39, 0.29) is 16.2 Å². The Balaban J connectivity index is 2.02. The molecule has 27 heavy (non-hydrogen) atoms. The summed E-state index contributed by atoms with van der Waals surface area (Å²) in [5.74, 6) is -1.41. The van der Waals surface area contributed by atoms with Crippen LogP contribution in [-0.2, 0) is 0 Å². The van der Waals surface area contributed by atoms with Gasteiger partial charge in [-0.1, -0.05) is 36.4 Å². The quantitative estimate of drug-likeness (QED) is 0.250. The fourth-order valence-corrected chi connectivity index (χ4v) is 4.21. The van der Waals surface area contributed by atoms with Crippen LogP contribution >= 0.6 is 0 Å². The molecule has 2 aromatic heterocycles. The largest absolute Gasteiger partial charge is 0.339 e. The predicted octanol–water partition coefficient (Wildman–Crippen LogP) is 4.01. The Morgan fingerprint density at radius 3 is 2.41 bits per heavy atom. The maximum absolute atomic E-state index is 12.8. The molecule has 6 nitrogen and oxygen atoms in total. The number of imide groups is 1. The molecule has 128 valence electrons. The molecule has 1 aliphatic heterocycles. The van der Waals surface area contributed by atoms with E-state index in [1.165, 1.54) is 0 Å². The summed E-state index contributed by atoms with van der Waals surface area (Å²) in [4.78, 5) is 33.2. The van der Waals surface area contributed by atoms with E-state index in [1.807, 2.05) is 42.5 Å². The summed E-state index contributed by atoms with van der Waals surface area (Å²) in [7, 11) is 0. The zero-order valence-electron chi connectivity index (χ0n) is 13.9. The fraction of sp³-hybridized carbons (Fsp3) is 0. The molecule has 3 heterocycles. The van der Waals surface area contributed by atoms with E-state index in [9.17, 15) is 14.8 Å². The van der Waals surface area contributed by atoms with Gasteiger partial charge in [0.15, 0.2) is 0 Å². The van der Waals surface area contributed by atoms with Crippen LogP contribution in [0.4, 0.5) is 0 Å². The summed E-state index contributed by atoms with van der Waals surface area (Å²) in [6, 6.07) is 15.2. The third kappa shape index (κ3) is 1.61. The van der Waals surface area contributed by atoms with E-state index < -0.39 is 11.8 Å². The van der Waals surface area contributed by atoms with Gasteiger partial charge in [0.2, 0.25) is 0 Å². The van der Waals surface area contributed by atoms with Crippen LogP contribution in [0.3, 0.4) is 0 Å². The SMILES string of the molecule is O=C1c2c(c3c4cccnc4[nH]c3c3ccc4ccccc4c23)C(=O)N1O. The number of amides is 2. The van der Waals surface area contributed by atoms with Crippen molar-refractivity contribution < 1.29 is 14.8 Å². The number of H-pyrrole nitrogens is 1. The summed E-state index contributed by atoms with van der Waals surface area (Å²) in [5, 5.41) is 15.0. The van der Waals surface area contributed by atoms with Gasteiger partial charge in [-0.2, -0.15) is 0 Å². The van der Waals surface area contributed by atoms with Crippen molar-refractivity contribution in [1.82, 2.24) is 15.0 Å². The first-order valence-electron chi connectivity index (χ1n) is 8.48. The molecule has 0 radical (unpaired) electrons. The van der Waals surface area contributed by atoms with E-state index >= 15 is 0 Å². The average Bonchev–Trinajstić information content (AvgIpc) is 3.19. The van der Waals surface area contributed by atoms with Crippen molar-refractivity contribution in [3.8, 4) is 0 Å². The highest BCUT2D eigenvalue weighted by Crippen LogP contribution is 2.42. The molecule has 2 amide bonds. The second-order valence-electron chi connectivity index (χ2n) is 6.66. The lowest BCUT2D eigenvalue weighted by molar-refractivity contribution is -0.0325. The highest BCUT2D eigenvalue weighted by molar-refractivity contribution is 6.38. The van der Waals surface area contributed by atoms with Gasteiger partial charge in [-0.3, -0.25) is 14.8 Å². The molecule has 0 saturated heterocycles. The van der Waals surface area contributed by atoms with E-state index in [2.05, 4.69) is 9.97 Å². The summed E-state index contributed by atoms with van der Waals surface area (Å²) in [5.41, 5.74) is 1.83. The van der Waals surface area contributed by atoms with Crippen LogP contribution in [0.5, 0.6) is 0 Å². The summed E-state index contributed by atoms with van der Waals surface area (Å²) in [6.45, 7) is 0. The van der Waals surface area contributed by atoms with Crippen molar-refractivity contribution in [2.75, 3.05) is 0 Å². The zero-order valence-corrected chi connectivity index (χ0v) is 13.9. The van der Waals surface area contributed by atoms with Crippen LogP contribution in [0.2, 0.25) is 0 Å². The van der Waals surface area contributed by atoms with E-state index in [1.54, 1.807) is 12.3 Å². The lowest BCUT2D eigenvalue weighted by Gasteiger charge is -2.09. The lowest BCUT2D eigenvalue weighted by Crippen LogP contribution is -2.25. The summed E-state index contributed by atoms with van der Waals surface area (Å²) in [6.07, 6.45) is 1.67. The maximum Gasteiger partial charge on any atom is 0.286 e. The molecule has 0 spiro atoms. The highest BCUT2D eigenvalue weighted by atomic mass is 16.5. The first-order valence-corrected chi connectivity index (χ1v) is 8.48. The Morgan fingerprint density at radius 2 is 1.56 bits per heavy atom. The Kier molecular flexibility index (Phi) is 2.50. The molecule has 0 fully saturated rings. The molecule has 5 aromatic rings. The Labute approximate surface area is 151 Å². The predicted molar refractivity (Wildman–Crippen MR) is 101 cm³/mol. The van der Waals surface area contributed by atoms with Crippen molar-refractivity contribution in [2.45, 2.75) is 0 Å². The summed E-state index contributed by atoms with van der Waals surface area (Å²) < 4.78 is 0. The monoisotopic (exact) mass is 353 g/mol. The fourth-order valence-electron chi connectivity index (χ4n) is 4.21. The van der Waals surface area contributed by atoms with Gasteiger partial charge in [-0.15, -0.1) is 5.06 Å². The van der Waals surface area contributed by atoms with Crippen molar-refractivity contribution in [1.29, 1.82) is 0 Å². The maximum atomic E-state index is 12.8. The van der Waals surface area contributed by atoms with Crippen LogP contribution in [0.25, 0.3) is 43.5 Å². The number of fused-ring (bicyclic) bond motifs is 10. The minimum atomic E-state index is -0.709. The lowest BCUT2D eigenvalue weighted by atomic mass is 9.91. The molecule has 0 saturated carbocycles. The molecular weight excluding hydrogens is 342 g/mol. The summed E-state index contributed by atoms with van der Waals surface area (Å²) >= 11 is 0. The van der Waals surface area contributed by atoms with Crippen LogP contribution in [0.1, 0.15) is 20.7 Å². The topological polar surface area (TPSA) is 86.3 Å².